The molecule has 158 valence electrons. The van der Waals surface area contributed by atoms with E-state index in [-0.39, 0.29) is 0 Å². The lowest BCUT2D eigenvalue weighted by Gasteiger charge is -2.43. The molecule has 0 saturated carbocycles. The summed E-state index contributed by atoms with van der Waals surface area (Å²) in [4.78, 5) is 0. The van der Waals surface area contributed by atoms with Crippen LogP contribution in [0, 0.1) is 0 Å². The first-order valence-electron chi connectivity index (χ1n) is 9.31. The predicted molar refractivity (Wildman–Crippen MR) is 105 cm³/mol. The van der Waals surface area contributed by atoms with Crippen LogP contribution in [0.2, 0.25) is 5.02 Å². The van der Waals surface area contributed by atoms with Gasteiger partial charge in [-0.15, -0.1) is 0 Å². The largest absolute Gasteiger partial charge is 0.494 e. The van der Waals surface area contributed by atoms with Crippen LogP contribution >= 0.6 is 11.6 Å². The van der Waals surface area contributed by atoms with Crippen LogP contribution in [0.15, 0.2) is 42.5 Å². The molecule has 0 aliphatic carbocycles. The second kappa shape index (κ2) is 8.95. The summed E-state index contributed by atoms with van der Waals surface area (Å²) in [5.41, 5.74) is 2.03. The van der Waals surface area contributed by atoms with Gasteiger partial charge in [0.05, 0.1) is 6.61 Å². The maximum absolute atomic E-state index is 14.7. The van der Waals surface area contributed by atoms with E-state index in [1.54, 1.807) is 18.2 Å². The van der Waals surface area contributed by atoms with Crippen molar-refractivity contribution in [1.29, 1.82) is 0 Å². The number of alkyl halides is 1. The Labute approximate surface area is 173 Å². The molecule has 0 bridgehead atoms. The Morgan fingerprint density at radius 3 is 2.41 bits per heavy atom. The van der Waals surface area contributed by atoms with E-state index in [1.165, 1.54) is 0 Å². The molecule has 6 nitrogen and oxygen atoms in total. The Bertz CT molecular complexity index is 832. The van der Waals surface area contributed by atoms with Gasteiger partial charge in [-0.25, -0.2) is 4.39 Å². The van der Waals surface area contributed by atoms with E-state index >= 15 is 0 Å². The molecule has 1 fully saturated rings. The molecule has 5 atom stereocenters. The highest BCUT2D eigenvalue weighted by atomic mass is 35.5. The van der Waals surface area contributed by atoms with E-state index in [0.717, 1.165) is 11.3 Å². The fourth-order valence-electron chi connectivity index (χ4n) is 3.36. The summed E-state index contributed by atoms with van der Waals surface area (Å²) in [6.45, 7) is 1.31. The minimum atomic E-state index is -2.89. The number of hydrogen-bond donors (Lipinski definition) is 4. The molecule has 29 heavy (non-hydrogen) atoms. The Morgan fingerprint density at radius 1 is 1.10 bits per heavy atom. The van der Waals surface area contributed by atoms with Gasteiger partial charge in [0.15, 0.2) is 0 Å². The van der Waals surface area contributed by atoms with Crippen LogP contribution < -0.4 is 4.74 Å². The standard InChI is InChI=1S/C21H24ClFO6/c1-2-28-15-6-3-12(4-7-15)9-14-10-13(5-8-16(14)22)19-17(25)18(26)20(27)21(23,11-24)29-19/h3-8,10,17-20,24-27H,2,9,11H2,1H3/t17-,18-,19+,20+,21?/m1/s1. The minimum absolute atomic E-state index is 0.365. The van der Waals surface area contributed by atoms with Crippen molar-refractivity contribution in [2.45, 2.75) is 43.6 Å². The maximum atomic E-state index is 14.7. The highest BCUT2D eigenvalue weighted by molar-refractivity contribution is 6.31. The number of ether oxygens (including phenoxy) is 2. The summed E-state index contributed by atoms with van der Waals surface area (Å²) in [5, 5.41) is 39.8. The van der Waals surface area contributed by atoms with Crippen molar-refractivity contribution in [2.75, 3.05) is 13.2 Å². The molecular formula is C21H24ClFO6. The van der Waals surface area contributed by atoms with Crippen molar-refractivity contribution in [1.82, 2.24) is 0 Å². The predicted octanol–water partition coefficient (Wildman–Crippen LogP) is 2.14. The third kappa shape index (κ3) is 4.55. The van der Waals surface area contributed by atoms with E-state index in [1.807, 2.05) is 31.2 Å². The first-order chi connectivity index (χ1) is 13.8. The van der Waals surface area contributed by atoms with E-state index in [2.05, 4.69) is 0 Å². The lowest BCUT2D eigenvalue weighted by Crippen LogP contribution is -2.61. The zero-order valence-corrected chi connectivity index (χ0v) is 16.6. The summed E-state index contributed by atoms with van der Waals surface area (Å²) in [5.74, 6) is -2.14. The van der Waals surface area contributed by atoms with Crippen molar-refractivity contribution >= 4 is 11.6 Å². The van der Waals surface area contributed by atoms with Crippen LogP contribution in [0.1, 0.15) is 29.7 Å². The van der Waals surface area contributed by atoms with Gasteiger partial charge < -0.3 is 29.9 Å². The van der Waals surface area contributed by atoms with Crippen LogP contribution in [-0.2, 0) is 11.2 Å². The third-order valence-corrected chi connectivity index (χ3v) is 5.36. The monoisotopic (exact) mass is 426 g/mol. The fraction of sp³-hybridized carbons (Fsp3) is 0.429. The molecule has 1 saturated heterocycles. The zero-order valence-electron chi connectivity index (χ0n) is 15.8. The highest BCUT2D eigenvalue weighted by Gasteiger charge is 2.54. The topological polar surface area (TPSA) is 99.4 Å². The molecule has 1 unspecified atom stereocenters. The Hall–Kier alpha value is -1.74. The highest BCUT2D eigenvalue weighted by Crippen LogP contribution is 2.39. The molecule has 1 heterocycles. The minimum Gasteiger partial charge on any atom is -0.494 e. The Kier molecular flexibility index (Phi) is 6.78. The van der Waals surface area contributed by atoms with Gasteiger partial charge in [0.1, 0.15) is 36.8 Å². The summed E-state index contributed by atoms with van der Waals surface area (Å²) in [6.07, 6.45) is -6.30. The lowest BCUT2D eigenvalue weighted by molar-refractivity contribution is -0.327. The second-order valence-electron chi connectivity index (χ2n) is 7.01. The first kappa shape index (κ1) is 22.0. The van der Waals surface area contributed by atoms with E-state index in [0.29, 0.717) is 29.2 Å². The molecule has 8 heteroatoms. The first-order valence-corrected chi connectivity index (χ1v) is 9.68. The number of halogens is 2. The van der Waals surface area contributed by atoms with Crippen molar-refractivity contribution in [3.8, 4) is 5.75 Å². The van der Waals surface area contributed by atoms with Gasteiger partial charge in [0, 0.05) is 5.02 Å². The van der Waals surface area contributed by atoms with Gasteiger partial charge in [0.25, 0.3) is 5.85 Å². The smallest absolute Gasteiger partial charge is 0.261 e. The van der Waals surface area contributed by atoms with Crippen LogP contribution in [-0.4, -0.2) is 57.8 Å². The molecule has 1 aliphatic heterocycles. The van der Waals surface area contributed by atoms with Gasteiger partial charge in [-0.2, -0.15) is 0 Å². The van der Waals surface area contributed by atoms with Crippen molar-refractivity contribution in [3.05, 3.63) is 64.2 Å². The van der Waals surface area contributed by atoms with E-state index in [4.69, 9.17) is 21.1 Å². The molecular weight excluding hydrogens is 403 g/mol. The Balaban J connectivity index is 1.86. The van der Waals surface area contributed by atoms with E-state index < -0.39 is 36.9 Å². The third-order valence-electron chi connectivity index (χ3n) is 4.99. The molecule has 3 rings (SSSR count). The van der Waals surface area contributed by atoms with E-state index in [9.17, 15) is 24.8 Å². The number of hydrogen-bond acceptors (Lipinski definition) is 6. The quantitative estimate of drug-likeness (QED) is 0.565. The van der Waals surface area contributed by atoms with Crippen molar-refractivity contribution < 1.29 is 34.3 Å². The lowest BCUT2D eigenvalue weighted by atomic mass is 9.89. The fourth-order valence-corrected chi connectivity index (χ4v) is 3.55. The summed E-state index contributed by atoms with van der Waals surface area (Å²) in [6, 6.07) is 12.3. The Morgan fingerprint density at radius 2 is 1.79 bits per heavy atom. The summed E-state index contributed by atoms with van der Waals surface area (Å²) >= 11 is 6.31. The number of aliphatic hydroxyl groups is 4. The second-order valence-corrected chi connectivity index (χ2v) is 7.42. The number of aliphatic hydroxyl groups excluding tert-OH is 4. The zero-order chi connectivity index (χ0) is 21.2. The van der Waals surface area contributed by atoms with Crippen molar-refractivity contribution in [2.24, 2.45) is 0 Å². The van der Waals surface area contributed by atoms with Crippen LogP contribution in [0.25, 0.3) is 0 Å². The van der Waals surface area contributed by atoms with Crippen LogP contribution in [0.4, 0.5) is 4.39 Å². The normalized spacial score (nSPS) is 29.6. The van der Waals surface area contributed by atoms with Crippen LogP contribution in [0.3, 0.4) is 0 Å². The molecule has 2 aromatic rings. The summed E-state index contributed by atoms with van der Waals surface area (Å²) in [7, 11) is 0. The summed E-state index contributed by atoms with van der Waals surface area (Å²) < 4.78 is 25.2. The van der Waals surface area contributed by atoms with Gasteiger partial charge in [0.2, 0.25) is 0 Å². The molecule has 4 N–H and O–H groups in total. The molecule has 0 radical (unpaired) electrons. The molecule has 2 aromatic carbocycles. The van der Waals surface area contributed by atoms with Gasteiger partial charge in [-0.05, 0) is 48.2 Å². The number of benzene rings is 2. The maximum Gasteiger partial charge on any atom is 0.261 e. The van der Waals surface area contributed by atoms with Crippen LogP contribution in [0.5, 0.6) is 5.75 Å². The average molecular weight is 427 g/mol. The molecule has 0 aromatic heterocycles. The molecule has 1 aliphatic rings. The molecule has 0 spiro atoms. The average Bonchev–Trinajstić information content (AvgIpc) is 2.72. The van der Waals surface area contributed by atoms with Gasteiger partial charge >= 0.3 is 0 Å². The van der Waals surface area contributed by atoms with Crippen molar-refractivity contribution in [3.63, 3.8) is 0 Å². The number of rotatable bonds is 6. The van der Waals surface area contributed by atoms with Gasteiger partial charge in [-0.1, -0.05) is 35.9 Å². The SMILES string of the molecule is CCOc1ccc(Cc2cc([C@@H]3OC(F)(CO)[C@@H](O)[C@H](O)[C@H]3O)ccc2Cl)cc1. The molecule has 0 amide bonds. The van der Waals surface area contributed by atoms with Gasteiger partial charge in [-0.3, -0.25) is 0 Å².